The highest BCUT2D eigenvalue weighted by atomic mass is 16.1. The van der Waals surface area contributed by atoms with Crippen LogP contribution in [-0.4, -0.2) is 5.91 Å². The van der Waals surface area contributed by atoms with E-state index in [1.54, 1.807) is 0 Å². The molecule has 0 spiro atoms. The molecule has 0 saturated carbocycles. The van der Waals surface area contributed by atoms with E-state index in [0.717, 1.165) is 11.1 Å². The second kappa shape index (κ2) is 7.04. The number of nitrogens with one attached hydrogen (secondary N) is 1. The first kappa shape index (κ1) is 15.3. The molecule has 0 heterocycles. The van der Waals surface area contributed by atoms with Crippen molar-refractivity contribution in [2.75, 3.05) is 0 Å². The number of hydrogen-bond acceptors (Lipinski definition) is 2. The van der Waals surface area contributed by atoms with Gasteiger partial charge in [-0.3, -0.25) is 4.79 Å². The Labute approximate surface area is 126 Å². The van der Waals surface area contributed by atoms with Crippen LogP contribution >= 0.6 is 0 Å². The van der Waals surface area contributed by atoms with Crippen LogP contribution in [0.25, 0.3) is 0 Å². The average Bonchev–Trinajstić information content (AvgIpc) is 2.53. The van der Waals surface area contributed by atoms with E-state index in [-0.39, 0.29) is 5.91 Å². The Morgan fingerprint density at radius 2 is 1.76 bits per heavy atom. The zero-order valence-electron chi connectivity index (χ0n) is 12.6. The maximum Gasteiger partial charge on any atom is 0.251 e. The molecule has 21 heavy (non-hydrogen) atoms. The Bertz CT molecular complexity index is 603. The molecule has 3 N–H and O–H groups in total. The van der Waals surface area contributed by atoms with Gasteiger partial charge in [0.15, 0.2) is 0 Å². The van der Waals surface area contributed by atoms with Gasteiger partial charge in [-0.05, 0) is 34.7 Å². The van der Waals surface area contributed by atoms with Crippen molar-refractivity contribution < 1.29 is 4.79 Å². The number of hydrogen-bond donors (Lipinski definition) is 2. The van der Waals surface area contributed by atoms with Gasteiger partial charge >= 0.3 is 0 Å². The van der Waals surface area contributed by atoms with Crippen molar-refractivity contribution in [3.8, 4) is 0 Å². The first-order valence-electron chi connectivity index (χ1n) is 7.26. The third kappa shape index (κ3) is 4.17. The number of nitrogens with two attached hydrogens (primary N) is 1. The van der Waals surface area contributed by atoms with E-state index in [1.807, 2.05) is 48.5 Å². The molecule has 0 bridgehead atoms. The number of carbonyl (C=O) groups excluding carboxylic acids is 1. The molecule has 0 fully saturated rings. The van der Waals surface area contributed by atoms with Gasteiger partial charge < -0.3 is 11.1 Å². The van der Waals surface area contributed by atoms with Crippen molar-refractivity contribution in [1.29, 1.82) is 0 Å². The summed E-state index contributed by atoms with van der Waals surface area (Å²) < 4.78 is 0. The minimum Gasteiger partial charge on any atom is -0.348 e. The average molecular weight is 282 g/mol. The van der Waals surface area contributed by atoms with E-state index >= 15 is 0 Å². The van der Waals surface area contributed by atoms with Crippen molar-refractivity contribution in [2.45, 2.75) is 32.9 Å². The summed E-state index contributed by atoms with van der Waals surface area (Å²) >= 11 is 0. The van der Waals surface area contributed by atoms with Gasteiger partial charge in [-0.15, -0.1) is 0 Å². The van der Waals surface area contributed by atoms with E-state index in [1.165, 1.54) is 5.56 Å². The fourth-order valence-electron chi connectivity index (χ4n) is 2.17. The van der Waals surface area contributed by atoms with Crippen LogP contribution in [-0.2, 0) is 13.1 Å². The van der Waals surface area contributed by atoms with E-state index in [0.29, 0.717) is 24.6 Å². The van der Waals surface area contributed by atoms with Crippen molar-refractivity contribution in [3.63, 3.8) is 0 Å². The summed E-state index contributed by atoms with van der Waals surface area (Å²) in [5, 5.41) is 2.94. The minimum atomic E-state index is -0.0524. The van der Waals surface area contributed by atoms with Crippen molar-refractivity contribution in [3.05, 3.63) is 70.8 Å². The highest BCUT2D eigenvalue weighted by molar-refractivity contribution is 5.94. The second-order valence-corrected chi connectivity index (χ2v) is 5.48. The van der Waals surface area contributed by atoms with Gasteiger partial charge in [0.2, 0.25) is 0 Å². The molecule has 0 aliphatic rings. The fraction of sp³-hybridized carbons (Fsp3) is 0.278. The van der Waals surface area contributed by atoms with Gasteiger partial charge in [0, 0.05) is 18.7 Å². The van der Waals surface area contributed by atoms with Crippen LogP contribution in [0.2, 0.25) is 0 Å². The molecule has 0 unspecified atom stereocenters. The summed E-state index contributed by atoms with van der Waals surface area (Å²) in [4.78, 5) is 12.1. The lowest BCUT2D eigenvalue weighted by Crippen LogP contribution is -2.22. The van der Waals surface area contributed by atoms with E-state index in [9.17, 15) is 4.79 Å². The minimum absolute atomic E-state index is 0.0524. The zero-order valence-corrected chi connectivity index (χ0v) is 12.6. The van der Waals surface area contributed by atoms with Crippen LogP contribution in [0.4, 0.5) is 0 Å². The number of benzene rings is 2. The van der Waals surface area contributed by atoms with Gasteiger partial charge in [-0.2, -0.15) is 0 Å². The molecule has 2 aromatic rings. The van der Waals surface area contributed by atoms with Crippen LogP contribution in [0.15, 0.2) is 48.5 Å². The maximum atomic E-state index is 12.1. The topological polar surface area (TPSA) is 55.1 Å². The van der Waals surface area contributed by atoms with Crippen molar-refractivity contribution >= 4 is 5.91 Å². The summed E-state index contributed by atoms with van der Waals surface area (Å²) in [6.07, 6.45) is 0. The third-order valence-electron chi connectivity index (χ3n) is 3.52. The molecule has 0 aliphatic carbocycles. The largest absolute Gasteiger partial charge is 0.348 e. The molecule has 0 radical (unpaired) electrons. The van der Waals surface area contributed by atoms with Crippen LogP contribution in [0.1, 0.15) is 46.8 Å². The number of rotatable bonds is 5. The molecule has 3 nitrogen and oxygen atoms in total. The smallest absolute Gasteiger partial charge is 0.251 e. The summed E-state index contributed by atoms with van der Waals surface area (Å²) in [5.41, 5.74) is 9.68. The van der Waals surface area contributed by atoms with Crippen LogP contribution in [0.5, 0.6) is 0 Å². The van der Waals surface area contributed by atoms with Gasteiger partial charge in [-0.1, -0.05) is 50.2 Å². The van der Waals surface area contributed by atoms with Crippen LogP contribution < -0.4 is 11.1 Å². The lowest BCUT2D eigenvalue weighted by Gasteiger charge is -2.09. The lowest BCUT2D eigenvalue weighted by molar-refractivity contribution is 0.0951. The highest BCUT2D eigenvalue weighted by Gasteiger charge is 2.06. The standard InChI is InChI=1S/C18H22N2O/c1-13(2)16-6-8-17(9-7-16)18(21)20-12-15-5-3-4-14(10-15)11-19/h3-10,13H,11-12,19H2,1-2H3,(H,20,21). The normalized spacial score (nSPS) is 10.7. The third-order valence-corrected chi connectivity index (χ3v) is 3.52. The zero-order chi connectivity index (χ0) is 15.2. The van der Waals surface area contributed by atoms with E-state index in [2.05, 4.69) is 19.2 Å². The quantitative estimate of drug-likeness (QED) is 0.885. The lowest BCUT2D eigenvalue weighted by atomic mass is 10.0. The number of carbonyl (C=O) groups is 1. The van der Waals surface area contributed by atoms with E-state index in [4.69, 9.17) is 5.73 Å². The van der Waals surface area contributed by atoms with Crippen LogP contribution in [0, 0.1) is 0 Å². The predicted molar refractivity (Wildman–Crippen MR) is 86.0 cm³/mol. The molecule has 0 aromatic heterocycles. The Balaban J connectivity index is 1.97. The fourth-order valence-corrected chi connectivity index (χ4v) is 2.17. The summed E-state index contributed by atoms with van der Waals surface area (Å²) in [6.45, 7) is 5.30. The van der Waals surface area contributed by atoms with Crippen LogP contribution in [0.3, 0.4) is 0 Å². The van der Waals surface area contributed by atoms with Gasteiger partial charge in [0.05, 0.1) is 0 Å². The molecule has 3 heteroatoms. The molecule has 0 saturated heterocycles. The van der Waals surface area contributed by atoms with Crippen molar-refractivity contribution in [2.24, 2.45) is 5.73 Å². The molecule has 110 valence electrons. The maximum absolute atomic E-state index is 12.1. The van der Waals surface area contributed by atoms with Gasteiger partial charge in [-0.25, -0.2) is 0 Å². The Morgan fingerprint density at radius 3 is 2.38 bits per heavy atom. The summed E-state index contributed by atoms with van der Waals surface area (Å²) in [6, 6.07) is 15.7. The van der Waals surface area contributed by atoms with Gasteiger partial charge in [0.25, 0.3) is 5.91 Å². The summed E-state index contributed by atoms with van der Waals surface area (Å²) in [7, 11) is 0. The number of amides is 1. The highest BCUT2D eigenvalue weighted by Crippen LogP contribution is 2.14. The Kier molecular flexibility index (Phi) is 5.12. The molecular weight excluding hydrogens is 260 g/mol. The molecule has 2 aromatic carbocycles. The second-order valence-electron chi connectivity index (χ2n) is 5.48. The monoisotopic (exact) mass is 282 g/mol. The van der Waals surface area contributed by atoms with Crippen molar-refractivity contribution in [1.82, 2.24) is 5.32 Å². The Hall–Kier alpha value is -2.13. The van der Waals surface area contributed by atoms with Gasteiger partial charge in [0.1, 0.15) is 0 Å². The molecule has 2 rings (SSSR count). The summed E-state index contributed by atoms with van der Waals surface area (Å²) in [5.74, 6) is 0.421. The van der Waals surface area contributed by atoms with E-state index < -0.39 is 0 Å². The SMILES string of the molecule is CC(C)c1ccc(C(=O)NCc2cccc(CN)c2)cc1. The molecule has 1 amide bonds. The predicted octanol–water partition coefficient (Wildman–Crippen LogP) is 3.20. The Morgan fingerprint density at radius 1 is 1.10 bits per heavy atom. The molecule has 0 aliphatic heterocycles. The molecular formula is C18H22N2O. The first-order valence-corrected chi connectivity index (χ1v) is 7.26. The molecule has 0 atom stereocenters. The first-order chi connectivity index (χ1) is 10.1.